The molecule has 1 aliphatic rings. The second-order valence-corrected chi connectivity index (χ2v) is 3.67. The highest BCUT2D eigenvalue weighted by atomic mass is 16.7. The monoisotopic (exact) mass is 252 g/mol. The molecule has 0 aromatic heterocycles. The zero-order valence-corrected chi connectivity index (χ0v) is 9.18. The molecule has 8 heteroatoms. The lowest BCUT2D eigenvalue weighted by atomic mass is 9.92. The third-order valence-corrected chi connectivity index (χ3v) is 2.61. The van der Waals surface area contributed by atoms with E-state index >= 15 is 0 Å². The van der Waals surface area contributed by atoms with Crippen molar-refractivity contribution in [3.8, 4) is 0 Å². The summed E-state index contributed by atoms with van der Waals surface area (Å²) in [5.41, 5.74) is 0. The molecule has 5 N–H and O–H groups in total. The second-order valence-electron chi connectivity index (χ2n) is 3.67. The Morgan fingerprint density at radius 3 is 2.35 bits per heavy atom. The number of carbonyl (C=O) groups is 1. The topological polar surface area (TPSA) is 137 Å². The summed E-state index contributed by atoms with van der Waals surface area (Å²) in [4.78, 5) is 11.1. The number of aliphatic hydroxyl groups excluding tert-OH is 4. The molecule has 0 aromatic carbocycles. The molecule has 1 heterocycles. The van der Waals surface area contributed by atoms with Crippen LogP contribution >= 0.6 is 0 Å². The van der Waals surface area contributed by atoms with Crippen molar-refractivity contribution in [2.75, 3.05) is 13.2 Å². The Morgan fingerprint density at radius 1 is 1.35 bits per heavy atom. The van der Waals surface area contributed by atoms with Crippen LogP contribution < -0.4 is 0 Å². The summed E-state index contributed by atoms with van der Waals surface area (Å²) < 4.78 is 9.73. The molecular formula is C9H16O8. The maximum absolute atomic E-state index is 11.1. The maximum Gasteiger partial charge on any atom is 0.367 e. The number of rotatable bonds is 4. The maximum atomic E-state index is 11.1. The fourth-order valence-corrected chi connectivity index (χ4v) is 1.71. The van der Waals surface area contributed by atoms with Gasteiger partial charge in [-0.1, -0.05) is 0 Å². The molecule has 8 nitrogen and oxygen atoms in total. The van der Waals surface area contributed by atoms with E-state index in [1.165, 1.54) is 6.92 Å². The van der Waals surface area contributed by atoms with Crippen molar-refractivity contribution in [1.29, 1.82) is 0 Å². The van der Waals surface area contributed by atoms with Crippen LogP contribution in [0.25, 0.3) is 0 Å². The SMILES string of the molecule is CCOC1(C(=O)O)O[C@H](CO)[C@@H](O)[C@H](O)[C@H]1O. The number of aliphatic hydroxyl groups is 4. The van der Waals surface area contributed by atoms with Gasteiger partial charge in [0, 0.05) is 6.61 Å². The van der Waals surface area contributed by atoms with Crippen molar-refractivity contribution in [3.63, 3.8) is 0 Å². The fourth-order valence-electron chi connectivity index (χ4n) is 1.71. The Balaban J connectivity index is 3.07. The standard InChI is InChI=1S/C9H16O8/c1-2-16-9(8(14)15)7(13)6(12)5(11)4(3-10)17-9/h4-7,10-13H,2-3H2,1H3,(H,14,15)/t4-,5-,6+,7-,9?/m1/s1. The molecule has 100 valence electrons. The van der Waals surface area contributed by atoms with Crippen LogP contribution in [0.1, 0.15) is 6.92 Å². The molecule has 1 fully saturated rings. The summed E-state index contributed by atoms with van der Waals surface area (Å²) in [6.07, 6.45) is -6.69. The minimum atomic E-state index is -2.49. The Hall–Kier alpha value is -0.770. The average Bonchev–Trinajstić information content (AvgIpc) is 2.30. The number of ether oxygens (including phenoxy) is 2. The van der Waals surface area contributed by atoms with Crippen LogP contribution in [0.15, 0.2) is 0 Å². The summed E-state index contributed by atoms with van der Waals surface area (Å²) in [6.45, 7) is 0.670. The number of carboxylic acids is 1. The highest BCUT2D eigenvalue weighted by Crippen LogP contribution is 2.31. The van der Waals surface area contributed by atoms with Crippen molar-refractivity contribution >= 4 is 5.97 Å². The van der Waals surface area contributed by atoms with Gasteiger partial charge >= 0.3 is 5.97 Å². The van der Waals surface area contributed by atoms with Crippen LogP contribution in [0.2, 0.25) is 0 Å². The molecule has 0 amide bonds. The van der Waals surface area contributed by atoms with E-state index in [1.54, 1.807) is 0 Å². The Kier molecular flexibility index (Phi) is 4.42. The van der Waals surface area contributed by atoms with E-state index in [-0.39, 0.29) is 6.61 Å². The minimum absolute atomic E-state index is 0.0929. The van der Waals surface area contributed by atoms with Gasteiger partial charge in [0.1, 0.15) is 24.4 Å². The number of hydrogen-bond acceptors (Lipinski definition) is 7. The van der Waals surface area contributed by atoms with Gasteiger partial charge in [-0.25, -0.2) is 4.79 Å². The van der Waals surface area contributed by atoms with Crippen molar-refractivity contribution in [2.45, 2.75) is 37.1 Å². The average molecular weight is 252 g/mol. The third kappa shape index (κ3) is 2.28. The first-order chi connectivity index (χ1) is 7.90. The number of aliphatic carboxylic acids is 1. The van der Waals surface area contributed by atoms with Crippen LogP contribution in [0.4, 0.5) is 0 Å². The van der Waals surface area contributed by atoms with Crippen molar-refractivity contribution in [2.24, 2.45) is 0 Å². The molecule has 1 rings (SSSR count). The van der Waals surface area contributed by atoms with E-state index in [9.17, 15) is 20.1 Å². The van der Waals surface area contributed by atoms with Gasteiger partial charge in [0.05, 0.1) is 6.61 Å². The van der Waals surface area contributed by atoms with Crippen LogP contribution in [0, 0.1) is 0 Å². The van der Waals surface area contributed by atoms with Crippen LogP contribution in [0.5, 0.6) is 0 Å². The highest BCUT2D eigenvalue weighted by Gasteiger charge is 2.59. The largest absolute Gasteiger partial charge is 0.477 e. The van der Waals surface area contributed by atoms with E-state index < -0.39 is 42.8 Å². The lowest BCUT2D eigenvalue weighted by molar-refractivity contribution is -0.351. The van der Waals surface area contributed by atoms with E-state index in [0.717, 1.165) is 0 Å². The second kappa shape index (κ2) is 5.25. The Morgan fingerprint density at radius 2 is 1.94 bits per heavy atom. The molecule has 17 heavy (non-hydrogen) atoms. The van der Waals surface area contributed by atoms with Gasteiger partial charge < -0.3 is 35.0 Å². The third-order valence-electron chi connectivity index (χ3n) is 2.61. The van der Waals surface area contributed by atoms with Gasteiger partial charge in [-0.15, -0.1) is 0 Å². The summed E-state index contributed by atoms with van der Waals surface area (Å²) in [7, 11) is 0. The van der Waals surface area contributed by atoms with E-state index in [1.807, 2.05) is 0 Å². The molecule has 0 aromatic rings. The fraction of sp³-hybridized carbons (Fsp3) is 0.889. The minimum Gasteiger partial charge on any atom is -0.477 e. The highest BCUT2D eigenvalue weighted by molar-refractivity contribution is 5.77. The number of carboxylic acid groups (broad SMARTS) is 1. The van der Waals surface area contributed by atoms with Gasteiger partial charge in [-0.2, -0.15) is 0 Å². The molecule has 1 saturated heterocycles. The molecule has 0 radical (unpaired) electrons. The molecule has 5 atom stereocenters. The Labute approximate surface area is 97.0 Å². The van der Waals surface area contributed by atoms with Gasteiger partial charge in [-0.3, -0.25) is 0 Å². The van der Waals surface area contributed by atoms with Crippen molar-refractivity contribution in [3.05, 3.63) is 0 Å². The zero-order chi connectivity index (χ0) is 13.2. The number of hydrogen-bond donors (Lipinski definition) is 5. The van der Waals surface area contributed by atoms with Gasteiger partial charge in [0.2, 0.25) is 0 Å². The molecule has 0 bridgehead atoms. The summed E-state index contributed by atoms with van der Waals surface area (Å²) in [6, 6.07) is 0. The normalized spacial score (nSPS) is 42.4. The molecule has 0 spiro atoms. The predicted octanol–water partition coefficient (Wildman–Crippen LogP) is -2.72. The summed E-state index contributed by atoms with van der Waals surface area (Å²) in [5.74, 6) is -4.13. The molecule has 1 aliphatic heterocycles. The first kappa shape index (κ1) is 14.3. The van der Waals surface area contributed by atoms with E-state index in [2.05, 4.69) is 0 Å². The lowest BCUT2D eigenvalue weighted by Crippen LogP contribution is -2.69. The van der Waals surface area contributed by atoms with E-state index in [4.69, 9.17) is 19.7 Å². The first-order valence-electron chi connectivity index (χ1n) is 5.11. The van der Waals surface area contributed by atoms with E-state index in [0.29, 0.717) is 0 Å². The summed E-state index contributed by atoms with van der Waals surface area (Å²) >= 11 is 0. The van der Waals surface area contributed by atoms with Crippen LogP contribution in [-0.2, 0) is 14.3 Å². The Bertz CT molecular complexity index is 280. The molecule has 0 aliphatic carbocycles. The van der Waals surface area contributed by atoms with Crippen LogP contribution in [0.3, 0.4) is 0 Å². The van der Waals surface area contributed by atoms with Crippen molar-refractivity contribution < 1.29 is 39.8 Å². The van der Waals surface area contributed by atoms with Crippen molar-refractivity contribution in [1.82, 2.24) is 0 Å². The van der Waals surface area contributed by atoms with Crippen LogP contribution in [-0.4, -0.2) is 74.9 Å². The quantitative estimate of drug-likeness (QED) is 0.364. The van der Waals surface area contributed by atoms with Gasteiger partial charge in [0.15, 0.2) is 0 Å². The molecule has 0 saturated carbocycles. The van der Waals surface area contributed by atoms with Gasteiger partial charge in [-0.05, 0) is 6.92 Å². The molecule has 1 unspecified atom stereocenters. The lowest BCUT2D eigenvalue weighted by Gasteiger charge is -2.45. The summed E-state index contributed by atoms with van der Waals surface area (Å²) in [5, 5.41) is 46.6. The predicted molar refractivity (Wildman–Crippen MR) is 52.0 cm³/mol. The van der Waals surface area contributed by atoms with Gasteiger partial charge in [0.25, 0.3) is 5.79 Å². The molecular weight excluding hydrogens is 236 g/mol. The first-order valence-corrected chi connectivity index (χ1v) is 5.11. The smallest absolute Gasteiger partial charge is 0.367 e. The zero-order valence-electron chi connectivity index (χ0n) is 9.18.